The van der Waals surface area contributed by atoms with Crippen molar-refractivity contribution < 1.29 is 9.52 Å². The summed E-state index contributed by atoms with van der Waals surface area (Å²) in [6.07, 6.45) is 1.65. The fraction of sp³-hybridized carbons (Fsp3) is 0.160. The lowest BCUT2D eigenvalue weighted by atomic mass is 9.71. The molecule has 0 saturated heterocycles. The van der Waals surface area contributed by atoms with Crippen LogP contribution in [0.3, 0.4) is 0 Å². The zero-order valence-electron chi connectivity index (χ0n) is 15.6. The zero-order valence-corrected chi connectivity index (χ0v) is 16.4. The van der Waals surface area contributed by atoms with Gasteiger partial charge in [0.2, 0.25) is 0 Å². The number of phenolic OH excluding ortho intramolecular Hbond substituents is 1. The van der Waals surface area contributed by atoms with Gasteiger partial charge in [0.1, 0.15) is 22.5 Å². The normalized spacial score (nSPS) is 18.5. The first-order chi connectivity index (χ1) is 14.1. The van der Waals surface area contributed by atoms with Crippen LogP contribution in [0.4, 0.5) is 0 Å². The summed E-state index contributed by atoms with van der Waals surface area (Å²) in [5.74, 6) is 0.791. The van der Waals surface area contributed by atoms with E-state index in [0.717, 1.165) is 12.8 Å². The maximum Gasteiger partial charge on any atom is 0.196 e. The molecule has 5 rings (SSSR count). The number of benzene rings is 3. The quantitative estimate of drug-likeness (QED) is 0.459. The third-order valence-corrected chi connectivity index (χ3v) is 6.15. The van der Waals surface area contributed by atoms with E-state index in [-0.39, 0.29) is 28.4 Å². The van der Waals surface area contributed by atoms with Crippen LogP contribution in [0.25, 0.3) is 11.0 Å². The van der Waals surface area contributed by atoms with Gasteiger partial charge in [-0.25, -0.2) is 0 Å². The Kier molecular flexibility index (Phi) is 4.40. The molecule has 144 valence electrons. The van der Waals surface area contributed by atoms with E-state index < -0.39 is 0 Å². The molecule has 1 heterocycles. The highest BCUT2D eigenvalue weighted by Crippen LogP contribution is 2.43. The first-order valence-corrected chi connectivity index (χ1v) is 10.1. The van der Waals surface area contributed by atoms with Crippen LogP contribution < -0.4 is 5.43 Å². The smallest absolute Gasteiger partial charge is 0.196 e. The molecular formula is C25H19ClO3. The molecule has 1 aliphatic rings. The summed E-state index contributed by atoms with van der Waals surface area (Å²) >= 11 is 6.10. The predicted octanol–water partition coefficient (Wildman–Crippen LogP) is 5.82. The van der Waals surface area contributed by atoms with Gasteiger partial charge in [0.05, 0.1) is 0 Å². The molecule has 3 aromatic carbocycles. The van der Waals surface area contributed by atoms with E-state index >= 15 is 0 Å². The maximum absolute atomic E-state index is 12.8. The highest BCUT2D eigenvalue weighted by Gasteiger charge is 2.33. The van der Waals surface area contributed by atoms with E-state index in [0.29, 0.717) is 16.4 Å². The number of fused-ring (bicyclic) bond motifs is 2. The molecule has 0 radical (unpaired) electrons. The lowest BCUT2D eigenvalue weighted by Crippen LogP contribution is -2.23. The first-order valence-electron chi connectivity index (χ1n) is 9.68. The lowest BCUT2D eigenvalue weighted by Gasteiger charge is -2.33. The molecule has 0 saturated carbocycles. The van der Waals surface area contributed by atoms with Gasteiger partial charge in [-0.1, -0.05) is 54.1 Å². The van der Waals surface area contributed by atoms with E-state index in [2.05, 4.69) is 30.3 Å². The van der Waals surface area contributed by atoms with E-state index in [1.54, 1.807) is 18.2 Å². The second-order valence-electron chi connectivity index (χ2n) is 7.60. The number of rotatable bonds is 2. The summed E-state index contributed by atoms with van der Waals surface area (Å²) < 4.78 is 6.17. The fourth-order valence-electron chi connectivity index (χ4n) is 4.47. The topological polar surface area (TPSA) is 50.4 Å². The minimum atomic E-state index is -0.215. The van der Waals surface area contributed by atoms with Gasteiger partial charge in [0.15, 0.2) is 5.43 Å². The van der Waals surface area contributed by atoms with Crippen LogP contribution in [-0.2, 0) is 12.8 Å². The van der Waals surface area contributed by atoms with Crippen molar-refractivity contribution in [1.29, 1.82) is 0 Å². The van der Waals surface area contributed by atoms with Crippen molar-refractivity contribution in [2.45, 2.75) is 24.7 Å². The first kappa shape index (κ1) is 18.0. The second-order valence-corrected chi connectivity index (χ2v) is 8.04. The van der Waals surface area contributed by atoms with Gasteiger partial charge in [-0.05, 0) is 59.7 Å². The van der Waals surface area contributed by atoms with Crippen molar-refractivity contribution in [2.24, 2.45) is 0 Å². The van der Waals surface area contributed by atoms with Gasteiger partial charge in [0, 0.05) is 17.0 Å². The molecule has 2 unspecified atom stereocenters. The van der Waals surface area contributed by atoms with Crippen molar-refractivity contribution in [1.82, 2.24) is 0 Å². The highest BCUT2D eigenvalue weighted by atomic mass is 35.5. The van der Waals surface area contributed by atoms with Gasteiger partial charge in [0.25, 0.3) is 0 Å². The van der Waals surface area contributed by atoms with Crippen molar-refractivity contribution in [2.75, 3.05) is 0 Å². The van der Waals surface area contributed by atoms with E-state index in [9.17, 15) is 9.90 Å². The molecule has 0 fully saturated rings. The third kappa shape index (κ3) is 3.22. The molecular weight excluding hydrogens is 384 g/mol. The average molecular weight is 403 g/mol. The van der Waals surface area contributed by atoms with E-state index in [4.69, 9.17) is 16.0 Å². The van der Waals surface area contributed by atoms with E-state index in [1.807, 2.05) is 18.2 Å². The molecule has 1 N–H and O–H groups in total. The van der Waals surface area contributed by atoms with Crippen LogP contribution in [0.15, 0.2) is 82.0 Å². The monoisotopic (exact) mass is 402 g/mol. The molecule has 2 atom stereocenters. The minimum Gasteiger partial charge on any atom is -0.507 e. The highest BCUT2D eigenvalue weighted by molar-refractivity contribution is 6.30. The van der Waals surface area contributed by atoms with Crippen molar-refractivity contribution in [3.8, 4) is 5.75 Å². The Morgan fingerprint density at radius 3 is 2.28 bits per heavy atom. The van der Waals surface area contributed by atoms with Crippen LogP contribution in [0.2, 0.25) is 5.02 Å². The summed E-state index contributed by atoms with van der Waals surface area (Å²) in [7, 11) is 0. The van der Waals surface area contributed by atoms with Crippen LogP contribution in [-0.4, -0.2) is 5.11 Å². The number of phenols is 1. The molecule has 4 aromatic rings. The largest absolute Gasteiger partial charge is 0.507 e. The van der Waals surface area contributed by atoms with Crippen molar-refractivity contribution in [3.05, 3.63) is 110 Å². The van der Waals surface area contributed by atoms with Crippen molar-refractivity contribution >= 4 is 22.6 Å². The fourth-order valence-corrected chi connectivity index (χ4v) is 4.59. The molecule has 1 aromatic heterocycles. The summed E-state index contributed by atoms with van der Waals surface area (Å²) in [5.41, 5.74) is 3.98. The van der Waals surface area contributed by atoms with Gasteiger partial charge in [-0.3, -0.25) is 4.79 Å². The lowest BCUT2D eigenvalue weighted by molar-refractivity contribution is 0.406. The molecule has 0 spiro atoms. The Morgan fingerprint density at radius 1 is 0.862 bits per heavy atom. The summed E-state index contributed by atoms with van der Waals surface area (Å²) in [6, 6.07) is 22.8. The summed E-state index contributed by atoms with van der Waals surface area (Å²) in [5, 5.41) is 11.0. The Bertz CT molecular complexity index is 1260. The van der Waals surface area contributed by atoms with Crippen LogP contribution in [0, 0.1) is 0 Å². The Labute approximate surface area is 173 Å². The van der Waals surface area contributed by atoms with Crippen molar-refractivity contribution in [3.63, 3.8) is 0 Å². The summed E-state index contributed by atoms with van der Waals surface area (Å²) in [4.78, 5) is 12.8. The molecule has 0 aliphatic heterocycles. The van der Waals surface area contributed by atoms with Gasteiger partial charge >= 0.3 is 0 Å². The standard InChI is InChI=1S/C25H19ClO3/c26-18-10-8-15(9-11-18)19-12-16-4-1-2-5-17(16)13-20(19)24-14-22(28)25-21(27)6-3-7-23(25)29-24/h1-11,14,19-20,27H,12-13H2. The van der Waals surface area contributed by atoms with Gasteiger partial charge in [-0.2, -0.15) is 0 Å². The van der Waals surface area contributed by atoms with E-state index in [1.165, 1.54) is 22.8 Å². The number of aromatic hydroxyl groups is 1. The molecule has 0 bridgehead atoms. The van der Waals surface area contributed by atoms with Gasteiger partial charge < -0.3 is 9.52 Å². The van der Waals surface area contributed by atoms with Crippen LogP contribution in [0.5, 0.6) is 5.75 Å². The predicted molar refractivity (Wildman–Crippen MR) is 115 cm³/mol. The molecule has 3 nitrogen and oxygen atoms in total. The third-order valence-electron chi connectivity index (χ3n) is 5.90. The molecule has 0 amide bonds. The second kappa shape index (κ2) is 7.09. The number of halogens is 1. The average Bonchev–Trinajstić information content (AvgIpc) is 2.73. The van der Waals surface area contributed by atoms with Crippen LogP contribution in [0.1, 0.15) is 34.3 Å². The Morgan fingerprint density at radius 2 is 1.55 bits per heavy atom. The Hall–Kier alpha value is -3.04. The number of hydrogen-bond acceptors (Lipinski definition) is 3. The SMILES string of the molecule is O=c1cc(C2Cc3ccccc3CC2c2ccc(Cl)cc2)oc2cccc(O)c12. The zero-order chi connectivity index (χ0) is 20.0. The number of hydrogen-bond donors (Lipinski definition) is 1. The van der Waals surface area contributed by atoms with Gasteiger partial charge in [-0.15, -0.1) is 0 Å². The molecule has 4 heteroatoms. The molecule has 1 aliphatic carbocycles. The summed E-state index contributed by atoms with van der Waals surface area (Å²) in [6.45, 7) is 0. The molecule has 29 heavy (non-hydrogen) atoms. The Balaban J connectivity index is 1.67. The maximum atomic E-state index is 12.8. The van der Waals surface area contributed by atoms with Crippen LogP contribution >= 0.6 is 11.6 Å². The minimum absolute atomic E-state index is 0.0190.